The minimum atomic E-state index is -4.43. The molecule has 6 nitrogen and oxygen atoms in total. The summed E-state index contributed by atoms with van der Waals surface area (Å²) in [7, 11) is 1.53. The van der Waals surface area contributed by atoms with E-state index < -0.39 is 18.8 Å². The van der Waals surface area contributed by atoms with Gasteiger partial charge in [-0.1, -0.05) is 58.6 Å². The molecule has 3 N–H and O–H groups in total. The Hall–Kier alpha value is -1.76. The van der Waals surface area contributed by atoms with Crippen molar-refractivity contribution in [2.24, 2.45) is 5.92 Å². The summed E-state index contributed by atoms with van der Waals surface area (Å²) in [5, 5.41) is 14.9. The summed E-state index contributed by atoms with van der Waals surface area (Å²) in [6, 6.07) is 0. The number of nitrogens with one attached hydrogen (secondary N) is 2. The molecule has 1 rings (SSSR count). The van der Waals surface area contributed by atoms with Crippen LogP contribution in [0.25, 0.3) is 0 Å². The first-order valence-electron chi connectivity index (χ1n) is 9.88. The fourth-order valence-corrected chi connectivity index (χ4v) is 2.25. The Morgan fingerprint density at radius 3 is 2.20 bits per heavy atom. The van der Waals surface area contributed by atoms with Gasteiger partial charge >= 0.3 is 6.18 Å². The molecule has 0 aliphatic rings. The van der Waals surface area contributed by atoms with Gasteiger partial charge in [0, 0.05) is 19.6 Å². The lowest BCUT2D eigenvalue weighted by Gasteiger charge is -2.22. The van der Waals surface area contributed by atoms with Gasteiger partial charge in [-0.3, -0.25) is 0 Å². The smallest absolute Gasteiger partial charge is 0.391 e. The van der Waals surface area contributed by atoms with Gasteiger partial charge in [-0.2, -0.15) is 23.1 Å². The van der Waals surface area contributed by atoms with Crippen LogP contribution >= 0.6 is 11.6 Å². The molecule has 0 radical (unpaired) electrons. The van der Waals surface area contributed by atoms with E-state index in [4.69, 9.17) is 22.8 Å². The molecule has 1 aromatic rings. The standard InChI is InChI=1S/C15H20ClF3N4O2.C3H8.C2H6/c1-4-9(7-25-3)11(24)6-20-13-10(5-2)12(16)22-14(23-13)21-8-15(17,18)19;1-3-2;1-2/h2,9,11,24H,4,6-8H2,1,3H3,(H2,20,21,22,23);3H2,1-2H3;1-2H3. The molecule has 0 spiro atoms. The van der Waals surface area contributed by atoms with Crippen LogP contribution in [0.15, 0.2) is 0 Å². The SMILES string of the molecule is C#Cc1c(Cl)nc(NCC(F)(F)F)nc1NCC(O)C(CC)COC.CC.CCC. The van der Waals surface area contributed by atoms with E-state index in [9.17, 15) is 18.3 Å². The van der Waals surface area contributed by atoms with Crippen molar-refractivity contribution in [3.05, 3.63) is 10.7 Å². The zero-order valence-electron chi connectivity index (χ0n) is 18.5. The van der Waals surface area contributed by atoms with Crippen LogP contribution in [-0.2, 0) is 4.74 Å². The number of alkyl halides is 3. The predicted octanol–water partition coefficient (Wildman–Crippen LogP) is 4.97. The number of nitrogens with zero attached hydrogens (tertiary/aromatic N) is 2. The lowest BCUT2D eigenvalue weighted by Crippen LogP contribution is -2.31. The number of aliphatic hydroxyl groups is 1. The van der Waals surface area contributed by atoms with Gasteiger partial charge < -0.3 is 20.5 Å². The first-order valence-corrected chi connectivity index (χ1v) is 10.3. The fraction of sp³-hybridized carbons (Fsp3) is 0.700. The third kappa shape index (κ3) is 12.7. The Labute approximate surface area is 183 Å². The number of hydrogen-bond acceptors (Lipinski definition) is 6. The largest absolute Gasteiger partial charge is 0.405 e. The predicted molar refractivity (Wildman–Crippen MR) is 117 cm³/mol. The summed E-state index contributed by atoms with van der Waals surface area (Å²) in [5.74, 6) is 1.91. The van der Waals surface area contributed by atoms with Crippen molar-refractivity contribution >= 4 is 23.4 Å². The quantitative estimate of drug-likeness (QED) is 0.361. The van der Waals surface area contributed by atoms with E-state index in [-0.39, 0.29) is 34.9 Å². The van der Waals surface area contributed by atoms with Crippen LogP contribution in [0.4, 0.5) is 24.9 Å². The van der Waals surface area contributed by atoms with Crippen LogP contribution in [0.3, 0.4) is 0 Å². The van der Waals surface area contributed by atoms with E-state index in [1.54, 1.807) is 0 Å². The van der Waals surface area contributed by atoms with Crippen molar-refractivity contribution in [1.82, 2.24) is 9.97 Å². The monoisotopic (exact) mass is 454 g/mol. The van der Waals surface area contributed by atoms with Gasteiger partial charge in [-0.15, -0.1) is 6.42 Å². The molecule has 0 fully saturated rings. The van der Waals surface area contributed by atoms with Gasteiger partial charge in [-0.05, 0) is 6.42 Å². The number of aliphatic hydroxyl groups excluding tert-OH is 1. The summed E-state index contributed by atoms with van der Waals surface area (Å²) >= 11 is 5.90. The third-order valence-corrected chi connectivity index (χ3v) is 3.66. The highest BCUT2D eigenvalue weighted by atomic mass is 35.5. The second kappa shape index (κ2) is 17.0. The van der Waals surface area contributed by atoms with Crippen LogP contribution in [-0.4, -0.2) is 54.2 Å². The van der Waals surface area contributed by atoms with E-state index >= 15 is 0 Å². The topological polar surface area (TPSA) is 79.3 Å². The van der Waals surface area contributed by atoms with Crippen LogP contribution < -0.4 is 10.6 Å². The normalized spacial score (nSPS) is 12.3. The van der Waals surface area contributed by atoms with E-state index in [0.29, 0.717) is 13.0 Å². The van der Waals surface area contributed by atoms with Gasteiger partial charge in [-0.25, -0.2) is 0 Å². The highest BCUT2D eigenvalue weighted by Crippen LogP contribution is 2.23. The number of halogens is 4. The molecule has 1 heterocycles. The highest BCUT2D eigenvalue weighted by molar-refractivity contribution is 6.31. The van der Waals surface area contributed by atoms with E-state index in [1.165, 1.54) is 13.5 Å². The number of anilines is 2. The highest BCUT2D eigenvalue weighted by Gasteiger charge is 2.27. The molecule has 2 atom stereocenters. The van der Waals surface area contributed by atoms with Crippen molar-refractivity contribution in [3.63, 3.8) is 0 Å². The van der Waals surface area contributed by atoms with Crippen molar-refractivity contribution in [3.8, 4) is 12.3 Å². The van der Waals surface area contributed by atoms with Crippen molar-refractivity contribution in [2.45, 2.75) is 59.7 Å². The number of hydrogen-bond donors (Lipinski definition) is 3. The second-order valence-corrected chi connectivity index (χ2v) is 6.31. The van der Waals surface area contributed by atoms with E-state index in [1.807, 2.05) is 26.1 Å². The molecular formula is C20H34ClF3N4O2. The Balaban J connectivity index is 0. The van der Waals surface area contributed by atoms with Crippen molar-refractivity contribution in [1.29, 1.82) is 0 Å². The van der Waals surface area contributed by atoms with Gasteiger partial charge in [0.1, 0.15) is 17.9 Å². The van der Waals surface area contributed by atoms with Crippen LogP contribution in [0.2, 0.25) is 5.15 Å². The molecule has 0 amide bonds. The second-order valence-electron chi connectivity index (χ2n) is 5.95. The molecule has 0 aliphatic heterocycles. The summed E-state index contributed by atoms with van der Waals surface area (Å²) in [4.78, 5) is 7.60. The minimum Gasteiger partial charge on any atom is -0.391 e. The Kier molecular flexibility index (Phi) is 17.2. The lowest BCUT2D eigenvalue weighted by molar-refractivity contribution is -0.115. The average Bonchev–Trinajstić information content (AvgIpc) is 2.70. The number of rotatable bonds is 9. The lowest BCUT2D eigenvalue weighted by atomic mass is 10.0. The molecule has 0 aliphatic carbocycles. The zero-order chi connectivity index (χ0) is 23.7. The van der Waals surface area contributed by atoms with E-state index in [2.05, 4.69) is 35.1 Å². The van der Waals surface area contributed by atoms with Gasteiger partial charge in [0.05, 0.1) is 12.7 Å². The molecule has 1 aromatic heterocycles. The van der Waals surface area contributed by atoms with Crippen LogP contribution in [0.5, 0.6) is 0 Å². The summed E-state index contributed by atoms with van der Waals surface area (Å²) < 4.78 is 41.9. The summed E-state index contributed by atoms with van der Waals surface area (Å²) in [6.45, 7) is 9.28. The molecule has 0 saturated heterocycles. The molecule has 0 bridgehead atoms. The number of ether oxygens (including phenoxy) is 1. The van der Waals surface area contributed by atoms with E-state index in [0.717, 1.165) is 0 Å². The molecule has 10 heteroatoms. The number of aromatic nitrogens is 2. The summed E-state index contributed by atoms with van der Waals surface area (Å²) in [6.07, 6.45) is 2.08. The zero-order valence-corrected chi connectivity index (χ0v) is 19.3. The van der Waals surface area contributed by atoms with Gasteiger partial charge in [0.15, 0.2) is 5.15 Å². The molecular weight excluding hydrogens is 421 g/mol. The number of terminal acetylenes is 1. The average molecular weight is 455 g/mol. The molecule has 30 heavy (non-hydrogen) atoms. The summed E-state index contributed by atoms with van der Waals surface area (Å²) in [5.41, 5.74) is 0.103. The maximum absolute atomic E-state index is 12.3. The van der Waals surface area contributed by atoms with Crippen molar-refractivity contribution in [2.75, 3.05) is 37.4 Å². The van der Waals surface area contributed by atoms with Gasteiger partial charge in [0.25, 0.3) is 0 Å². The number of methoxy groups -OCH3 is 1. The molecule has 174 valence electrons. The first-order chi connectivity index (χ1) is 14.1. The van der Waals surface area contributed by atoms with Crippen LogP contribution in [0, 0.1) is 18.3 Å². The maximum atomic E-state index is 12.3. The molecule has 2 unspecified atom stereocenters. The Morgan fingerprint density at radius 1 is 1.20 bits per heavy atom. The van der Waals surface area contributed by atoms with Gasteiger partial charge in [0.2, 0.25) is 5.95 Å². The molecule has 0 saturated carbocycles. The Morgan fingerprint density at radius 2 is 1.77 bits per heavy atom. The first kappa shape index (κ1) is 30.4. The minimum absolute atomic E-state index is 0.0681. The van der Waals surface area contributed by atoms with Crippen molar-refractivity contribution < 1.29 is 23.0 Å². The molecule has 0 aromatic carbocycles. The Bertz CT molecular complexity index is 625. The fourth-order valence-electron chi connectivity index (χ4n) is 2.03. The maximum Gasteiger partial charge on any atom is 0.405 e. The van der Waals surface area contributed by atoms with Crippen LogP contribution in [0.1, 0.15) is 53.0 Å². The third-order valence-electron chi connectivity index (χ3n) is 3.38.